The van der Waals surface area contributed by atoms with Crippen molar-refractivity contribution in [2.75, 3.05) is 6.61 Å². The van der Waals surface area contributed by atoms with Crippen LogP contribution in [0.2, 0.25) is 5.02 Å². The topological polar surface area (TPSA) is 27.1 Å². The second kappa shape index (κ2) is 5.44. The van der Waals surface area contributed by atoms with Crippen LogP contribution in [0.4, 0.5) is 0 Å². The van der Waals surface area contributed by atoms with Crippen LogP contribution < -0.4 is 4.74 Å². The number of imidazole rings is 1. The molecule has 2 aromatic rings. The second-order valence-corrected chi connectivity index (χ2v) is 4.76. The minimum atomic E-state index is 0.343. The Labute approximate surface area is 112 Å². The first-order valence-electron chi connectivity index (χ1n) is 6.09. The van der Waals surface area contributed by atoms with Crippen LogP contribution in [0.5, 0.6) is 5.75 Å². The predicted octanol–water partition coefficient (Wildman–Crippen LogP) is 4.18. The van der Waals surface area contributed by atoms with Gasteiger partial charge in [-0.2, -0.15) is 0 Å². The molecule has 0 saturated heterocycles. The Hall–Kier alpha value is -1.48. The third kappa shape index (κ3) is 2.51. The molecular formula is C14H17ClN2O. The first-order chi connectivity index (χ1) is 8.63. The molecule has 0 aliphatic rings. The number of ether oxygens (including phenoxy) is 1. The highest BCUT2D eigenvalue weighted by Crippen LogP contribution is 2.32. The molecule has 0 fully saturated rings. The van der Waals surface area contributed by atoms with Crippen molar-refractivity contribution in [2.24, 2.45) is 0 Å². The van der Waals surface area contributed by atoms with Crippen LogP contribution in [0.25, 0.3) is 11.4 Å². The van der Waals surface area contributed by atoms with Crippen LogP contribution in [-0.2, 0) is 0 Å². The lowest BCUT2D eigenvalue weighted by molar-refractivity contribution is 0.341. The molecule has 0 radical (unpaired) electrons. The van der Waals surface area contributed by atoms with E-state index in [4.69, 9.17) is 16.3 Å². The molecule has 0 N–H and O–H groups in total. The number of hydrogen-bond donors (Lipinski definition) is 0. The summed E-state index contributed by atoms with van der Waals surface area (Å²) >= 11 is 6.07. The molecule has 4 heteroatoms. The maximum absolute atomic E-state index is 6.07. The Morgan fingerprint density at radius 2 is 2.17 bits per heavy atom. The van der Waals surface area contributed by atoms with Gasteiger partial charge in [-0.1, -0.05) is 11.6 Å². The highest BCUT2D eigenvalue weighted by Gasteiger charge is 2.14. The lowest BCUT2D eigenvalue weighted by Gasteiger charge is -2.14. The maximum Gasteiger partial charge on any atom is 0.143 e. The Morgan fingerprint density at radius 3 is 2.83 bits per heavy atom. The molecular weight excluding hydrogens is 248 g/mol. The van der Waals surface area contributed by atoms with E-state index in [0.29, 0.717) is 17.7 Å². The zero-order valence-electron chi connectivity index (χ0n) is 10.9. The predicted molar refractivity (Wildman–Crippen MR) is 74.2 cm³/mol. The molecule has 1 aromatic carbocycles. The van der Waals surface area contributed by atoms with Crippen molar-refractivity contribution in [3.05, 3.63) is 35.6 Å². The first-order valence-corrected chi connectivity index (χ1v) is 6.46. The normalized spacial score (nSPS) is 10.9. The lowest BCUT2D eigenvalue weighted by Crippen LogP contribution is -2.03. The molecule has 0 saturated carbocycles. The lowest BCUT2D eigenvalue weighted by atomic mass is 10.1. The van der Waals surface area contributed by atoms with Crippen LogP contribution in [0.15, 0.2) is 30.6 Å². The Balaban J connectivity index is 2.54. The number of rotatable bonds is 4. The average Bonchev–Trinajstić information content (AvgIpc) is 2.80. The van der Waals surface area contributed by atoms with Gasteiger partial charge >= 0.3 is 0 Å². The minimum absolute atomic E-state index is 0.343. The molecule has 3 nitrogen and oxygen atoms in total. The molecule has 18 heavy (non-hydrogen) atoms. The summed E-state index contributed by atoms with van der Waals surface area (Å²) in [5.74, 6) is 1.70. The number of hydrogen-bond acceptors (Lipinski definition) is 2. The third-order valence-electron chi connectivity index (χ3n) is 2.71. The summed E-state index contributed by atoms with van der Waals surface area (Å²) in [6.07, 6.45) is 3.77. The summed E-state index contributed by atoms with van der Waals surface area (Å²) in [5.41, 5.74) is 0.933. The van der Waals surface area contributed by atoms with Gasteiger partial charge in [-0.05, 0) is 39.0 Å². The standard InChI is InChI=1S/C14H17ClN2O/c1-4-18-13-6-5-11(15)9-12(13)14-16-7-8-17(14)10(2)3/h5-10H,4H2,1-3H3. The molecule has 0 unspecified atom stereocenters. The minimum Gasteiger partial charge on any atom is -0.493 e. The van der Waals surface area contributed by atoms with Crippen LogP contribution in [-0.4, -0.2) is 16.2 Å². The van der Waals surface area contributed by atoms with Crippen molar-refractivity contribution >= 4 is 11.6 Å². The molecule has 2 rings (SSSR count). The van der Waals surface area contributed by atoms with E-state index < -0.39 is 0 Å². The van der Waals surface area contributed by atoms with Crippen LogP contribution in [0.3, 0.4) is 0 Å². The fourth-order valence-corrected chi connectivity index (χ4v) is 2.07. The van der Waals surface area contributed by atoms with Gasteiger partial charge in [-0.15, -0.1) is 0 Å². The summed E-state index contributed by atoms with van der Waals surface area (Å²) in [4.78, 5) is 4.42. The molecule has 0 aliphatic heterocycles. The van der Waals surface area contributed by atoms with Gasteiger partial charge in [0, 0.05) is 23.5 Å². The van der Waals surface area contributed by atoms with E-state index >= 15 is 0 Å². The monoisotopic (exact) mass is 264 g/mol. The fourth-order valence-electron chi connectivity index (χ4n) is 1.90. The Morgan fingerprint density at radius 1 is 1.39 bits per heavy atom. The number of benzene rings is 1. The van der Waals surface area contributed by atoms with E-state index in [0.717, 1.165) is 17.1 Å². The highest BCUT2D eigenvalue weighted by molar-refractivity contribution is 6.30. The van der Waals surface area contributed by atoms with Gasteiger partial charge in [0.2, 0.25) is 0 Å². The van der Waals surface area contributed by atoms with Gasteiger partial charge in [0.25, 0.3) is 0 Å². The number of halogens is 1. The van der Waals surface area contributed by atoms with Crippen LogP contribution in [0.1, 0.15) is 26.8 Å². The Kier molecular flexibility index (Phi) is 3.92. The van der Waals surface area contributed by atoms with Gasteiger partial charge in [0.05, 0.1) is 12.2 Å². The van der Waals surface area contributed by atoms with E-state index in [9.17, 15) is 0 Å². The van der Waals surface area contributed by atoms with E-state index in [1.165, 1.54) is 0 Å². The van der Waals surface area contributed by atoms with Crippen molar-refractivity contribution in [1.82, 2.24) is 9.55 Å². The van der Waals surface area contributed by atoms with Crippen molar-refractivity contribution in [2.45, 2.75) is 26.8 Å². The number of aromatic nitrogens is 2. The molecule has 0 aliphatic carbocycles. The highest BCUT2D eigenvalue weighted by atomic mass is 35.5. The summed E-state index contributed by atoms with van der Waals surface area (Å²) < 4.78 is 7.74. The summed E-state index contributed by atoms with van der Waals surface area (Å²) in [7, 11) is 0. The van der Waals surface area contributed by atoms with Crippen molar-refractivity contribution in [3.63, 3.8) is 0 Å². The van der Waals surface area contributed by atoms with Crippen LogP contribution >= 0.6 is 11.6 Å². The van der Waals surface area contributed by atoms with E-state index in [-0.39, 0.29) is 0 Å². The summed E-state index contributed by atoms with van der Waals surface area (Å²) in [6, 6.07) is 5.96. The summed E-state index contributed by atoms with van der Waals surface area (Å²) in [6.45, 7) is 6.83. The van der Waals surface area contributed by atoms with E-state index in [1.54, 1.807) is 6.20 Å². The molecule has 0 spiro atoms. The smallest absolute Gasteiger partial charge is 0.143 e. The first kappa shape index (κ1) is 13.0. The second-order valence-electron chi connectivity index (χ2n) is 4.33. The van der Waals surface area contributed by atoms with Crippen LogP contribution in [0, 0.1) is 0 Å². The molecule has 1 heterocycles. The quantitative estimate of drug-likeness (QED) is 0.828. The molecule has 0 bridgehead atoms. The molecule has 1 aromatic heterocycles. The SMILES string of the molecule is CCOc1ccc(Cl)cc1-c1nccn1C(C)C. The molecule has 0 amide bonds. The average molecular weight is 265 g/mol. The van der Waals surface area contributed by atoms with E-state index in [1.807, 2.05) is 31.3 Å². The number of nitrogens with zero attached hydrogens (tertiary/aromatic N) is 2. The zero-order chi connectivity index (χ0) is 13.1. The van der Waals surface area contributed by atoms with Gasteiger partial charge in [0.1, 0.15) is 11.6 Å². The van der Waals surface area contributed by atoms with E-state index in [2.05, 4.69) is 23.4 Å². The van der Waals surface area contributed by atoms with Crippen molar-refractivity contribution in [1.29, 1.82) is 0 Å². The molecule has 96 valence electrons. The van der Waals surface area contributed by atoms with Gasteiger partial charge < -0.3 is 9.30 Å². The van der Waals surface area contributed by atoms with Gasteiger partial charge in [-0.25, -0.2) is 4.98 Å². The maximum atomic E-state index is 6.07. The zero-order valence-corrected chi connectivity index (χ0v) is 11.6. The van der Waals surface area contributed by atoms with Crippen molar-refractivity contribution < 1.29 is 4.74 Å². The summed E-state index contributed by atoms with van der Waals surface area (Å²) in [5, 5.41) is 0.687. The van der Waals surface area contributed by atoms with Gasteiger partial charge in [-0.3, -0.25) is 0 Å². The largest absolute Gasteiger partial charge is 0.493 e. The fraction of sp³-hybridized carbons (Fsp3) is 0.357. The van der Waals surface area contributed by atoms with Gasteiger partial charge in [0.15, 0.2) is 0 Å². The Bertz CT molecular complexity index is 534. The molecule has 0 atom stereocenters. The van der Waals surface area contributed by atoms with Crippen molar-refractivity contribution in [3.8, 4) is 17.1 Å². The third-order valence-corrected chi connectivity index (χ3v) is 2.94.